The Morgan fingerprint density at radius 3 is 2.83 bits per heavy atom. The van der Waals surface area contributed by atoms with E-state index in [4.69, 9.17) is 0 Å². The lowest BCUT2D eigenvalue weighted by atomic mass is 10.1. The maximum Gasteiger partial charge on any atom is 0.257 e. The average Bonchev–Trinajstić information content (AvgIpc) is 3.06. The van der Waals surface area contributed by atoms with E-state index in [1.807, 2.05) is 48.5 Å². The lowest BCUT2D eigenvalue weighted by molar-refractivity contribution is 0.0500. The molecule has 1 aromatic carbocycles. The first-order valence-electron chi connectivity index (χ1n) is 8.34. The molecule has 1 unspecified atom stereocenters. The van der Waals surface area contributed by atoms with Gasteiger partial charge in [0.25, 0.3) is 5.91 Å². The number of carbonyl (C=O) groups is 1. The molecule has 1 N–H and O–H groups in total. The first-order valence-corrected chi connectivity index (χ1v) is 8.34. The molecule has 1 aromatic heterocycles. The Bertz CT molecular complexity index is 671. The standard InChI is InChI=1S/C18H24N4O2/c1-20-8-9-21(14-17(20)7-10-23)18(24)16-11-19-22(13-16)12-15-5-3-2-4-6-15/h2-6,11,13,17,23H,7-10,12,14H2,1H3. The fraction of sp³-hybridized carbons (Fsp3) is 0.444. The molecule has 1 aliphatic rings. The summed E-state index contributed by atoms with van der Waals surface area (Å²) in [6, 6.07) is 10.3. The molecule has 6 nitrogen and oxygen atoms in total. The third-order valence-corrected chi connectivity index (χ3v) is 4.59. The van der Waals surface area contributed by atoms with E-state index in [0.717, 1.165) is 12.1 Å². The van der Waals surface area contributed by atoms with Crippen LogP contribution in [0.3, 0.4) is 0 Å². The van der Waals surface area contributed by atoms with Crippen molar-refractivity contribution in [3.05, 3.63) is 53.9 Å². The number of hydrogen-bond donors (Lipinski definition) is 1. The van der Waals surface area contributed by atoms with Crippen molar-refractivity contribution in [2.24, 2.45) is 0 Å². The molecule has 1 amide bonds. The van der Waals surface area contributed by atoms with Gasteiger partial charge in [0.15, 0.2) is 0 Å². The summed E-state index contributed by atoms with van der Waals surface area (Å²) in [6.07, 6.45) is 4.15. The molecule has 24 heavy (non-hydrogen) atoms. The molecule has 128 valence electrons. The third-order valence-electron chi connectivity index (χ3n) is 4.59. The maximum atomic E-state index is 12.7. The Morgan fingerprint density at radius 2 is 2.08 bits per heavy atom. The number of rotatable bonds is 5. The molecule has 0 aliphatic carbocycles. The molecule has 1 aliphatic heterocycles. The lowest BCUT2D eigenvalue weighted by Crippen LogP contribution is -2.53. The SMILES string of the molecule is CN1CCN(C(=O)c2cnn(Cc3ccccc3)c2)CC1CCO. The monoisotopic (exact) mass is 328 g/mol. The second-order valence-corrected chi connectivity index (χ2v) is 6.31. The quantitative estimate of drug-likeness (QED) is 0.892. The number of carbonyl (C=O) groups excluding carboxylic acids is 1. The Kier molecular flexibility index (Phi) is 5.27. The van der Waals surface area contributed by atoms with Crippen molar-refractivity contribution in [2.75, 3.05) is 33.3 Å². The molecular weight excluding hydrogens is 304 g/mol. The van der Waals surface area contributed by atoms with Crippen molar-refractivity contribution in [1.82, 2.24) is 19.6 Å². The van der Waals surface area contributed by atoms with E-state index in [0.29, 0.717) is 31.6 Å². The zero-order chi connectivity index (χ0) is 16.9. The summed E-state index contributed by atoms with van der Waals surface area (Å²) in [4.78, 5) is 16.8. The van der Waals surface area contributed by atoms with Gasteiger partial charge >= 0.3 is 0 Å². The van der Waals surface area contributed by atoms with E-state index in [-0.39, 0.29) is 18.6 Å². The number of piperazine rings is 1. The van der Waals surface area contributed by atoms with E-state index in [2.05, 4.69) is 10.00 Å². The summed E-state index contributed by atoms with van der Waals surface area (Å²) < 4.78 is 1.80. The summed E-state index contributed by atoms with van der Waals surface area (Å²) in [7, 11) is 2.04. The number of likely N-dealkylation sites (N-methyl/N-ethyl adjacent to an activating group) is 1. The van der Waals surface area contributed by atoms with Crippen LogP contribution in [-0.2, 0) is 6.54 Å². The first kappa shape index (κ1) is 16.7. The number of nitrogens with zero attached hydrogens (tertiary/aromatic N) is 4. The smallest absolute Gasteiger partial charge is 0.257 e. The third kappa shape index (κ3) is 3.83. The highest BCUT2D eigenvalue weighted by atomic mass is 16.3. The Hall–Kier alpha value is -2.18. The molecule has 1 fully saturated rings. The summed E-state index contributed by atoms with van der Waals surface area (Å²) in [5, 5.41) is 13.5. The van der Waals surface area contributed by atoms with Crippen LogP contribution in [0, 0.1) is 0 Å². The largest absolute Gasteiger partial charge is 0.396 e. The molecule has 0 bridgehead atoms. The second-order valence-electron chi connectivity index (χ2n) is 6.31. The van der Waals surface area contributed by atoms with Crippen LogP contribution in [0.25, 0.3) is 0 Å². The number of benzene rings is 1. The molecule has 1 atom stereocenters. The van der Waals surface area contributed by atoms with Crippen LogP contribution in [0.2, 0.25) is 0 Å². The predicted octanol–water partition coefficient (Wildman–Crippen LogP) is 1.07. The summed E-state index contributed by atoms with van der Waals surface area (Å²) in [5.41, 5.74) is 1.78. The predicted molar refractivity (Wildman–Crippen MR) is 91.8 cm³/mol. The van der Waals surface area contributed by atoms with Gasteiger partial charge in [0.2, 0.25) is 0 Å². The summed E-state index contributed by atoms with van der Waals surface area (Å²) >= 11 is 0. The summed E-state index contributed by atoms with van der Waals surface area (Å²) in [6.45, 7) is 2.99. The van der Waals surface area contributed by atoms with Gasteiger partial charge in [-0.25, -0.2) is 0 Å². The molecule has 3 rings (SSSR count). The van der Waals surface area contributed by atoms with Crippen molar-refractivity contribution >= 4 is 5.91 Å². The van der Waals surface area contributed by atoms with Crippen LogP contribution < -0.4 is 0 Å². The fourth-order valence-electron chi connectivity index (χ4n) is 3.10. The van der Waals surface area contributed by atoms with Crippen LogP contribution in [0.4, 0.5) is 0 Å². The van der Waals surface area contributed by atoms with Gasteiger partial charge in [0.1, 0.15) is 0 Å². The highest BCUT2D eigenvalue weighted by molar-refractivity contribution is 5.93. The molecule has 0 radical (unpaired) electrons. The van der Waals surface area contributed by atoms with E-state index < -0.39 is 0 Å². The average molecular weight is 328 g/mol. The summed E-state index contributed by atoms with van der Waals surface area (Å²) in [5.74, 6) is 0.0188. The minimum atomic E-state index is 0.0188. The Morgan fingerprint density at radius 1 is 1.29 bits per heavy atom. The topological polar surface area (TPSA) is 61.6 Å². The van der Waals surface area contributed by atoms with Crippen molar-refractivity contribution in [2.45, 2.75) is 19.0 Å². The Labute approximate surface area is 142 Å². The van der Waals surface area contributed by atoms with Gasteiger partial charge < -0.3 is 10.0 Å². The van der Waals surface area contributed by atoms with Crippen molar-refractivity contribution in [1.29, 1.82) is 0 Å². The number of hydrogen-bond acceptors (Lipinski definition) is 4. The van der Waals surface area contributed by atoms with E-state index >= 15 is 0 Å². The molecule has 1 saturated heterocycles. The zero-order valence-electron chi connectivity index (χ0n) is 14.0. The second kappa shape index (κ2) is 7.59. The van der Waals surface area contributed by atoms with Gasteiger partial charge in [-0.05, 0) is 19.0 Å². The molecule has 0 saturated carbocycles. The normalized spacial score (nSPS) is 18.8. The van der Waals surface area contributed by atoms with Crippen LogP contribution in [0.1, 0.15) is 22.3 Å². The van der Waals surface area contributed by atoms with Gasteiger partial charge in [0.05, 0.1) is 18.3 Å². The highest BCUT2D eigenvalue weighted by Crippen LogP contribution is 2.14. The molecule has 2 aromatic rings. The first-order chi connectivity index (χ1) is 11.7. The Balaban J connectivity index is 1.65. The van der Waals surface area contributed by atoms with Gasteiger partial charge in [-0.2, -0.15) is 5.10 Å². The molecule has 2 heterocycles. The maximum absolute atomic E-state index is 12.7. The van der Waals surface area contributed by atoms with Gasteiger partial charge in [0, 0.05) is 38.5 Å². The van der Waals surface area contributed by atoms with Crippen LogP contribution in [0.15, 0.2) is 42.7 Å². The molecule has 0 spiro atoms. The number of aliphatic hydroxyl groups is 1. The number of amides is 1. The minimum Gasteiger partial charge on any atom is -0.396 e. The highest BCUT2D eigenvalue weighted by Gasteiger charge is 2.28. The van der Waals surface area contributed by atoms with Crippen molar-refractivity contribution in [3.8, 4) is 0 Å². The van der Waals surface area contributed by atoms with Crippen LogP contribution in [0.5, 0.6) is 0 Å². The van der Waals surface area contributed by atoms with E-state index in [1.165, 1.54) is 0 Å². The van der Waals surface area contributed by atoms with Gasteiger partial charge in [-0.1, -0.05) is 30.3 Å². The minimum absolute atomic E-state index is 0.0188. The number of aliphatic hydroxyl groups excluding tert-OH is 1. The van der Waals surface area contributed by atoms with Crippen LogP contribution in [-0.4, -0.2) is 69.9 Å². The van der Waals surface area contributed by atoms with Gasteiger partial charge in [-0.3, -0.25) is 14.4 Å². The number of aromatic nitrogens is 2. The van der Waals surface area contributed by atoms with Crippen molar-refractivity contribution < 1.29 is 9.90 Å². The zero-order valence-corrected chi connectivity index (χ0v) is 14.0. The fourth-order valence-corrected chi connectivity index (χ4v) is 3.10. The van der Waals surface area contributed by atoms with Gasteiger partial charge in [-0.15, -0.1) is 0 Å². The lowest BCUT2D eigenvalue weighted by Gasteiger charge is -2.39. The molecule has 6 heteroatoms. The van der Waals surface area contributed by atoms with Crippen LogP contribution >= 0.6 is 0 Å². The molecular formula is C18H24N4O2. The van der Waals surface area contributed by atoms with Crippen molar-refractivity contribution in [3.63, 3.8) is 0 Å². The van der Waals surface area contributed by atoms with E-state index in [1.54, 1.807) is 10.9 Å². The van der Waals surface area contributed by atoms with E-state index in [9.17, 15) is 9.90 Å².